The van der Waals surface area contributed by atoms with Crippen molar-refractivity contribution >= 4 is 5.91 Å². The summed E-state index contributed by atoms with van der Waals surface area (Å²) >= 11 is 0. The zero-order valence-corrected chi connectivity index (χ0v) is 14.1. The Balaban J connectivity index is 1.52. The number of nitrogens with one attached hydrogen (secondary N) is 1. The number of hydrogen-bond donors (Lipinski definition) is 1. The van der Waals surface area contributed by atoms with E-state index in [2.05, 4.69) is 27.0 Å². The summed E-state index contributed by atoms with van der Waals surface area (Å²) in [6, 6.07) is 7.80. The van der Waals surface area contributed by atoms with Gasteiger partial charge in [0.25, 0.3) is 5.91 Å². The number of benzene rings is 1. The quantitative estimate of drug-likeness (QED) is 0.883. The number of fused-ring (bicyclic) bond motifs is 1. The number of ether oxygens (including phenoxy) is 1. The fraction of sp³-hybridized carbons (Fsp3) is 0.500. The highest BCUT2D eigenvalue weighted by Gasteiger charge is 2.15. The van der Waals surface area contributed by atoms with Crippen molar-refractivity contribution < 1.29 is 9.53 Å². The van der Waals surface area contributed by atoms with Gasteiger partial charge in [-0.05, 0) is 30.9 Å². The van der Waals surface area contributed by atoms with Gasteiger partial charge >= 0.3 is 0 Å². The molecule has 24 heavy (non-hydrogen) atoms. The smallest absolute Gasteiger partial charge is 0.258 e. The van der Waals surface area contributed by atoms with Crippen molar-refractivity contribution in [2.45, 2.75) is 52.1 Å². The molecule has 0 aliphatic carbocycles. The molecule has 128 valence electrons. The highest BCUT2D eigenvalue weighted by molar-refractivity contribution is 5.77. The van der Waals surface area contributed by atoms with Gasteiger partial charge in [0.15, 0.2) is 12.4 Å². The van der Waals surface area contributed by atoms with Gasteiger partial charge in [0.2, 0.25) is 0 Å². The molecule has 1 aliphatic rings. The number of amides is 1. The molecule has 0 fully saturated rings. The Morgan fingerprint density at radius 2 is 2.12 bits per heavy atom. The predicted octanol–water partition coefficient (Wildman–Crippen LogP) is 2.26. The molecule has 0 radical (unpaired) electrons. The molecule has 2 aromatic rings. The Kier molecular flexibility index (Phi) is 5.46. The van der Waals surface area contributed by atoms with Gasteiger partial charge in [0.1, 0.15) is 11.6 Å². The number of rotatable bonds is 6. The van der Waals surface area contributed by atoms with Crippen LogP contribution < -0.4 is 10.1 Å². The number of para-hydroxylation sites is 1. The van der Waals surface area contributed by atoms with Gasteiger partial charge in [-0.1, -0.05) is 31.5 Å². The lowest BCUT2D eigenvalue weighted by atomic mass is 10.1. The number of aromatic nitrogens is 3. The van der Waals surface area contributed by atoms with E-state index in [1.807, 2.05) is 24.3 Å². The molecule has 0 saturated heterocycles. The van der Waals surface area contributed by atoms with Gasteiger partial charge < -0.3 is 14.6 Å². The lowest BCUT2D eigenvalue weighted by molar-refractivity contribution is -0.123. The molecule has 1 N–H and O–H groups in total. The highest BCUT2D eigenvalue weighted by atomic mass is 16.5. The van der Waals surface area contributed by atoms with Gasteiger partial charge in [-0.3, -0.25) is 4.79 Å². The summed E-state index contributed by atoms with van der Waals surface area (Å²) in [5, 5.41) is 11.3. The SMILES string of the molecule is CCc1ccccc1OCC(=O)NCc1nnc2n1CCCCC2. The molecule has 2 heterocycles. The molecular weight excluding hydrogens is 304 g/mol. The third-order valence-corrected chi connectivity index (χ3v) is 4.34. The maximum Gasteiger partial charge on any atom is 0.258 e. The van der Waals surface area contributed by atoms with E-state index < -0.39 is 0 Å². The topological polar surface area (TPSA) is 69.0 Å². The van der Waals surface area contributed by atoms with Crippen molar-refractivity contribution in [2.24, 2.45) is 0 Å². The molecule has 0 bridgehead atoms. The van der Waals surface area contributed by atoms with E-state index in [1.165, 1.54) is 6.42 Å². The average molecular weight is 328 g/mol. The van der Waals surface area contributed by atoms with Gasteiger partial charge in [0, 0.05) is 13.0 Å². The van der Waals surface area contributed by atoms with Gasteiger partial charge in [0.05, 0.1) is 6.54 Å². The van der Waals surface area contributed by atoms with Gasteiger partial charge in [-0.15, -0.1) is 10.2 Å². The number of aryl methyl sites for hydroxylation is 2. The molecule has 1 aromatic heterocycles. The highest BCUT2D eigenvalue weighted by Crippen LogP contribution is 2.18. The fourth-order valence-corrected chi connectivity index (χ4v) is 2.98. The van der Waals surface area contributed by atoms with Crippen molar-refractivity contribution in [1.29, 1.82) is 0 Å². The average Bonchev–Trinajstić information content (AvgIpc) is 2.84. The second-order valence-corrected chi connectivity index (χ2v) is 6.02. The van der Waals surface area contributed by atoms with Crippen LogP contribution >= 0.6 is 0 Å². The number of hydrogen-bond acceptors (Lipinski definition) is 4. The Hall–Kier alpha value is -2.37. The molecule has 1 aromatic carbocycles. The van der Waals surface area contributed by atoms with Crippen LogP contribution in [0.15, 0.2) is 24.3 Å². The summed E-state index contributed by atoms with van der Waals surface area (Å²) in [5.74, 6) is 2.48. The molecule has 6 heteroatoms. The number of carbonyl (C=O) groups excluding carboxylic acids is 1. The minimum absolute atomic E-state index is 0.0119. The Morgan fingerprint density at radius 3 is 3.00 bits per heavy atom. The van der Waals surface area contributed by atoms with Crippen LogP contribution in [-0.4, -0.2) is 27.3 Å². The molecule has 0 saturated carbocycles. The lowest BCUT2D eigenvalue weighted by Gasteiger charge is -2.11. The van der Waals surface area contributed by atoms with Crippen LogP contribution in [0.3, 0.4) is 0 Å². The van der Waals surface area contributed by atoms with Crippen molar-refractivity contribution in [3.8, 4) is 5.75 Å². The Bertz CT molecular complexity index is 696. The first-order chi connectivity index (χ1) is 11.8. The largest absolute Gasteiger partial charge is 0.483 e. The van der Waals surface area contributed by atoms with Crippen LogP contribution in [0.2, 0.25) is 0 Å². The number of nitrogens with zero attached hydrogens (tertiary/aromatic N) is 3. The van der Waals surface area contributed by atoms with Crippen LogP contribution in [0, 0.1) is 0 Å². The normalized spacial score (nSPS) is 13.9. The maximum atomic E-state index is 12.1. The molecule has 0 unspecified atom stereocenters. The standard InChI is InChI=1S/C18H24N4O2/c1-2-14-8-5-6-9-15(14)24-13-18(23)19-12-17-21-20-16-10-4-3-7-11-22(16)17/h5-6,8-9H,2-4,7,10-13H2,1H3,(H,19,23). The van der Waals surface area contributed by atoms with Gasteiger partial charge in [-0.25, -0.2) is 0 Å². The van der Waals surface area contributed by atoms with E-state index >= 15 is 0 Å². The van der Waals surface area contributed by atoms with Crippen LogP contribution in [0.25, 0.3) is 0 Å². The third-order valence-electron chi connectivity index (χ3n) is 4.34. The molecule has 6 nitrogen and oxygen atoms in total. The summed E-state index contributed by atoms with van der Waals surface area (Å²) in [6.07, 6.45) is 5.37. The zero-order valence-electron chi connectivity index (χ0n) is 14.1. The monoisotopic (exact) mass is 328 g/mol. The molecule has 0 spiro atoms. The van der Waals surface area contributed by atoms with E-state index in [1.54, 1.807) is 0 Å². The summed E-state index contributed by atoms with van der Waals surface area (Å²) in [7, 11) is 0. The zero-order chi connectivity index (χ0) is 16.8. The molecule has 3 rings (SSSR count). The van der Waals surface area contributed by atoms with E-state index in [4.69, 9.17) is 4.74 Å². The Morgan fingerprint density at radius 1 is 1.25 bits per heavy atom. The molecule has 0 atom stereocenters. The van der Waals surface area contributed by atoms with E-state index in [0.29, 0.717) is 6.54 Å². The minimum atomic E-state index is -0.146. The van der Waals surface area contributed by atoms with E-state index in [0.717, 1.165) is 55.2 Å². The summed E-state index contributed by atoms with van der Waals surface area (Å²) in [4.78, 5) is 12.1. The molecular formula is C18H24N4O2. The second-order valence-electron chi connectivity index (χ2n) is 6.02. The van der Waals surface area contributed by atoms with Crippen molar-refractivity contribution in [1.82, 2.24) is 20.1 Å². The summed E-state index contributed by atoms with van der Waals surface area (Å²) in [6.45, 7) is 3.41. The first-order valence-electron chi connectivity index (χ1n) is 8.66. The molecule has 1 aliphatic heterocycles. The first kappa shape index (κ1) is 16.5. The predicted molar refractivity (Wildman–Crippen MR) is 90.7 cm³/mol. The van der Waals surface area contributed by atoms with E-state index in [-0.39, 0.29) is 12.5 Å². The second kappa shape index (κ2) is 7.95. The summed E-state index contributed by atoms with van der Waals surface area (Å²) < 4.78 is 7.78. The maximum absolute atomic E-state index is 12.1. The molecule has 1 amide bonds. The third kappa shape index (κ3) is 3.93. The van der Waals surface area contributed by atoms with Crippen molar-refractivity contribution in [2.75, 3.05) is 6.61 Å². The van der Waals surface area contributed by atoms with Gasteiger partial charge in [-0.2, -0.15) is 0 Å². The first-order valence-corrected chi connectivity index (χ1v) is 8.66. The van der Waals surface area contributed by atoms with Crippen molar-refractivity contribution in [3.05, 3.63) is 41.5 Å². The number of carbonyl (C=O) groups is 1. The van der Waals surface area contributed by atoms with Crippen LogP contribution in [0.5, 0.6) is 5.75 Å². The van der Waals surface area contributed by atoms with Crippen LogP contribution in [0.1, 0.15) is 43.4 Å². The van der Waals surface area contributed by atoms with E-state index in [9.17, 15) is 4.79 Å². The van der Waals surface area contributed by atoms with Crippen LogP contribution in [0.4, 0.5) is 0 Å². The Labute approximate surface area is 142 Å². The van der Waals surface area contributed by atoms with Crippen LogP contribution in [-0.2, 0) is 30.7 Å². The fourth-order valence-electron chi connectivity index (χ4n) is 2.98. The summed E-state index contributed by atoms with van der Waals surface area (Å²) in [5.41, 5.74) is 1.10. The lowest BCUT2D eigenvalue weighted by Crippen LogP contribution is -2.29. The minimum Gasteiger partial charge on any atom is -0.483 e. The van der Waals surface area contributed by atoms with Crippen molar-refractivity contribution in [3.63, 3.8) is 0 Å².